The summed E-state index contributed by atoms with van der Waals surface area (Å²) in [4.78, 5) is 0. The third-order valence-corrected chi connectivity index (χ3v) is 2.95. The summed E-state index contributed by atoms with van der Waals surface area (Å²) in [6.45, 7) is 5.52. The summed E-state index contributed by atoms with van der Waals surface area (Å²) in [5, 5.41) is 0. The smallest absolute Gasteiger partial charge is 0.00773 e. The number of nitrogens with two attached hydrogens (primary N) is 1. The molecule has 0 aromatic heterocycles. The minimum atomic E-state index is 0.864. The fourth-order valence-corrected chi connectivity index (χ4v) is 1.88. The highest BCUT2D eigenvalue weighted by Crippen LogP contribution is 2.16. The number of hydrogen-bond donors (Lipinski definition) is 1. The largest absolute Gasteiger partial charge is 0.330 e. The molecule has 0 amide bonds. The van der Waals surface area contributed by atoms with Crippen molar-refractivity contribution in [3.8, 4) is 0 Å². The Labute approximate surface area is 90.5 Å². The fourth-order valence-electron chi connectivity index (χ4n) is 1.88. The Morgan fingerprint density at radius 1 is 0.857 bits per heavy atom. The van der Waals surface area contributed by atoms with Crippen LogP contribution < -0.4 is 5.73 Å². The summed E-state index contributed by atoms with van der Waals surface area (Å²) in [6, 6.07) is 0. The zero-order chi connectivity index (χ0) is 10.6. The van der Waals surface area contributed by atoms with Crippen LogP contribution in [0.2, 0.25) is 0 Å². The summed E-state index contributed by atoms with van der Waals surface area (Å²) in [6.07, 6.45) is 12.4. The lowest BCUT2D eigenvalue weighted by Crippen LogP contribution is -2.00. The second-order valence-corrected chi connectivity index (χ2v) is 4.59. The van der Waals surface area contributed by atoms with E-state index in [0.29, 0.717) is 0 Å². The molecule has 0 saturated heterocycles. The molecule has 86 valence electrons. The van der Waals surface area contributed by atoms with E-state index in [1.807, 2.05) is 0 Å². The summed E-state index contributed by atoms with van der Waals surface area (Å²) in [7, 11) is 0. The van der Waals surface area contributed by atoms with Crippen LogP contribution in [0.5, 0.6) is 0 Å². The number of hydrogen-bond acceptors (Lipinski definition) is 1. The van der Waals surface area contributed by atoms with Crippen molar-refractivity contribution in [3.05, 3.63) is 0 Å². The van der Waals surface area contributed by atoms with Gasteiger partial charge in [-0.3, -0.25) is 0 Å². The van der Waals surface area contributed by atoms with E-state index in [9.17, 15) is 0 Å². The van der Waals surface area contributed by atoms with Crippen LogP contribution in [0.3, 0.4) is 0 Å². The minimum absolute atomic E-state index is 0.864. The van der Waals surface area contributed by atoms with Crippen LogP contribution in [0.25, 0.3) is 0 Å². The van der Waals surface area contributed by atoms with Crippen molar-refractivity contribution in [2.24, 2.45) is 11.7 Å². The lowest BCUT2D eigenvalue weighted by molar-refractivity contribution is 0.440. The Hall–Kier alpha value is -0.0400. The molecule has 0 fully saturated rings. The Morgan fingerprint density at radius 2 is 1.43 bits per heavy atom. The predicted octanol–water partition coefficient (Wildman–Crippen LogP) is 4.11. The van der Waals surface area contributed by atoms with Gasteiger partial charge in [0.2, 0.25) is 0 Å². The van der Waals surface area contributed by atoms with Crippen molar-refractivity contribution in [3.63, 3.8) is 0 Å². The van der Waals surface area contributed by atoms with Crippen LogP contribution in [-0.2, 0) is 0 Å². The molecule has 0 heterocycles. The molecule has 0 saturated carbocycles. The van der Waals surface area contributed by atoms with Gasteiger partial charge in [-0.15, -0.1) is 0 Å². The molecule has 1 atom stereocenters. The second-order valence-electron chi connectivity index (χ2n) is 4.59. The molecule has 0 spiro atoms. The molecule has 0 rings (SSSR count). The van der Waals surface area contributed by atoms with Gasteiger partial charge in [-0.25, -0.2) is 0 Å². The van der Waals surface area contributed by atoms with Crippen molar-refractivity contribution in [1.29, 1.82) is 0 Å². The molecule has 0 radical (unpaired) electrons. The first kappa shape index (κ1) is 14.0. The standard InChI is InChI=1S/C13H29N/c1-3-4-5-6-7-10-13(2)11-8-9-12-14/h13H,3-12,14H2,1-2H3. The minimum Gasteiger partial charge on any atom is -0.330 e. The quantitative estimate of drug-likeness (QED) is 0.526. The van der Waals surface area contributed by atoms with Crippen LogP contribution in [0.15, 0.2) is 0 Å². The third-order valence-electron chi connectivity index (χ3n) is 2.95. The zero-order valence-corrected chi connectivity index (χ0v) is 10.2. The van der Waals surface area contributed by atoms with E-state index < -0.39 is 0 Å². The van der Waals surface area contributed by atoms with Crippen LogP contribution in [-0.4, -0.2) is 6.54 Å². The highest BCUT2D eigenvalue weighted by Gasteiger charge is 2.00. The van der Waals surface area contributed by atoms with Crippen LogP contribution in [0, 0.1) is 5.92 Å². The highest BCUT2D eigenvalue weighted by molar-refractivity contribution is 4.55. The summed E-state index contributed by atoms with van der Waals surface area (Å²) >= 11 is 0. The van der Waals surface area contributed by atoms with Crippen LogP contribution >= 0.6 is 0 Å². The maximum Gasteiger partial charge on any atom is -0.00773 e. The molecule has 14 heavy (non-hydrogen) atoms. The van der Waals surface area contributed by atoms with E-state index in [-0.39, 0.29) is 0 Å². The molecule has 0 aliphatic rings. The van der Waals surface area contributed by atoms with Gasteiger partial charge < -0.3 is 5.73 Å². The van der Waals surface area contributed by atoms with Crippen molar-refractivity contribution in [2.45, 2.75) is 71.6 Å². The van der Waals surface area contributed by atoms with Crippen molar-refractivity contribution < 1.29 is 0 Å². The van der Waals surface area contributed by atoms with Gasteiger partial charge in [-0.2, -0.15) is 0 Å². The van der Waals surface area contributed by atoms with Gasteiger partial charge in [-0.1, -0.05) is 65.2 Å². The normalized spacial score (nSPS) is 13.1. The zero-order valence-electron chi connectivity index (χ0n) is 10.2. The van der Waals surface area contributed by atoms with Crippen molar-refractivity contribution in [2.75, 3.05) is 6.54 Å². The Kier molecular flexibility index (Phi) is 11.0. The monoisotopic (exact) mass is 199 g/mol. The molecule has 0 aliphatic carbocycles. The SMILES string of the molecule is CCCCCCCC(C)CCCCN. The molecule has 2 N–H and O–H groups in total. The van der Waals surface area contributed by atoms with Gasteiger partial charge in [0.15, 0.2) is 0 Å². The van der Waals surface area contributed by atoms with Crippen LogP contribution in [0.4, 0.5) is 0 Å². The first-order chi connectivity index (χ1) is 6.81. The summed E-state index contributed by atoms with van der Waals surface area (Å²) in [5.74, 6) is 0.920. The summed E-state index contributed by atoms with van der Waals surface area (Å²) < 4.78 is 0. The van der Waals surface area contributed by atoms with E-state index in [2.05, 4.69) is 13.8 Å². The first-order valence-corrected chi connectivity index (χ1v) is 6.51. The van der Waals surface area contributed by atoms with E-state index in [4.69, 9.17) is 5.73 Å². The molecule has 1 nitrogen and oxygen atoms in total. The summed E-state index contributed by atoms with van der Waals surface area (Å²) in [5.41, 5.74) is 5.47. The van der Waals surface area contributed by atoms with Gasteiger partial charge in [0.05, 0.1) is 0 Å². The van der Waals surface area contributed by atoms with Crippen LogP contribution in [0.1, 0.15) is 71.6 Å². The highest BCUT2D eigenvalue weighted by atomic mass is 14.5. The maximum absolute atomic E-state index is 5.47. The average Bonchev–Trinajstić information content (AvgIpc) is 2.18. The van der Waals surface area contributed by atoms with Gasteiger partial charge in [-0.05, 0) is 18.9 Å². The molecule has 0 aliphatic heterocycles. The van der Waals surface area contributed by atoms with Crippen molar-refractivity contribution >= 4 is 0 Å². The Bertz CT molecular complexity index is 101. The number of unbranched alkanes of at least 4 members (excludes halogenated alkanes) is 5. The Morgan fingerprint density at radius 3 is 2.00 bits per heavy atom. The fraction of sp³-hybridized carbons (Fsp3) is 1.00. The lowest BCUT2D eigenvalue weighted by Gasteiger charge is -2.10. The van der Waals surface area contributed by atoms with E-state index in [0.717, 1.165) is 12.5 Å². The molecule has 0 aromatic carbocycles. The third kappa shape index (κ3) is 10.0. The predicted molar refractivity (Wildman–Crippen MR) is 65.4 cm³/mol. The van der Waals surface area contributed by atoms with Gasteiger partial charge >= 0.3 is 0 Å². The topological polar surface area (TPSA) is 26.0 Å². The van der Waals surface area contributed by atoms with Gasteiger partial charge in [0.25, 0.3) is 0 Å². The van der Waals surface area contributed by atoms with Crippen molar-refractivity contribution in [1.82, 2.24) is 0 Å². The second kappa shape index (κ2) is 11.0. The molecule has 1 unspecified atom stereocenters. The van der Waals surface area contributed by atoms with Gasteiger partial charge in [0.1, 0.15) is 0 Å². The van der Waals surface area contributed by atoms with E-state index in [1.54, 1.807) is 0 Å². The Balaban J connectivity index is 3.06. The molecular formula is C13H29N. The molecule has 0 bridgehead atoms. The average molecular weight is 199 g/mol. The van der Waals surface area contributed by atoms with E-state index in [1.165, 1.54) is 57.8 Å². The van der Waals surface area contributed by atoms with Gasteiger partial charge in [0, 0.05) is 0 Å². The molecule has 1 heteroatoms. The molecular weight excluding hydrogens is 170 g/mol. The lowest BCUT2D eigenvalue weighted by atomic mass is 9.97. The van der Waals surface area contributed by atoms with E-state index >= 15 is 0 Å². The first-order valence-electron chi connectivity index (χ1n) is 6.51. The maximum atomic E-state index is 5.47. The number of rotatable bonds is 10. The molecule has 0 aromatic rings.